The van der Waals surface area contributed by atoms with Crippen LogP contribution in [0.2, 0.25) is 0 Å². The van der Waals surface area contributed by atoms with E-state index in [1.54, 1.807) is 17.0 Å². The normalized spacial score (nSPS) is 12.0. The molecule has 10 heteroatoms. The molecule has 1 aromatic carbocycles. The maximum absolute atomic E-state index is 13.2. The average molecular weight is 449 g/mol. The van der Waals surface area contributed by atoms with Gasteiger partial charge in [-0.25, -0.2) is 18.1 Å². The van der Waals surface area contributed by atoms with Crippen molar-refractivity contribution in [3.05, 3.63) is 53.3 Å². The van der Waals surface area contributed by atoms with Crippen molar-refractivity contribution < 1.29 is 17.9 Å². The number of rotatable bonds is 7. The molecule has 0 bridgehead atoms. The smallest absolute Gasteiger partial charge is 0.311 e. The van der Waals surface area contributed by atoms with Gasteiger partial charge in [-0.05, 0) is 19.1 Å². The molecule has 160 valence electrons. The average Bonchev–Trinajstić information content (AvgIpc) is 3.30. The second-order valence-corrected chi connectivity index (χ2v) is 10.1. The summed E-state index contributed by atoms with van der Waals surface area (Å²) in [7, 11) is -3.94. The minimum Gasteiger partial charge on any atom is -0.466 e. The zero-order valence-corrected chi connectivity index (χ0v) is 18.9. The molecule has 0 atom stereocenters. The van der Waals surface area contributed by atoms with Crippen LogP contribution >= 0.6 is 11.3 Å². The van der Waals surface area contributed by atoms with Crippen molar-refractivity contribution in [2.75, 3.05) is 11.3 Å². The Morgan fingerprint density at radius 1 is 1.23 bits per heavy atom. The van der Waals surface area contributed by atoms with E-state index in [2.05, 4.69) is 14.8 Å². The molecule has 2 aromatic heterocycles. The van der Waals surface area contributed by atoms with Crippen molar-refractivity contribution >= 4 is 32.5 Å². The highest BCUT2D eigenvalue weighted by molar-refractivity contribution is 7.93. The van der Waals surface area contributed by atoms with Crippen molar-refractivity contribution in [3.8, 4) is 5.69 Å². The van der Waals surface area contributed by atoms with Gasteiger partial charge in [0.1, 0.15) is 4.90 Å². The molecular weight excluding hydrogens is 424 g/mol. The molecule has 8 nitrogen and oxygen atoms in total. The first-order valence-electron chi connectivity index (χ1n) is 9.38. The number of benzene rings is 1. The fraction of sp³-hybridized carbons (Fsp3) is 0.350. The fourth-order valence-electron chi connectivity index (χ4n) is 2.75. The molecule has 0 radical (unpaired) electrons. The maximum atomic E-state index is 13.2. The van der Waals surface area contributed by atoms with Crippen LogP contribution < -0.4 is 4.72 Å². The number of carbonyl (C=O) groups excluding carboxylic acids is 1. The Kier molecular flexibility index (Phi) is 6.27. The Bertz CT molecular complexity index is 1130. The second-order valence-electron chi connectivity index (χ2n) is 7.60. The molecule has 0 spiro atoms. The number of esters is 1. The van der Waals surface area contributed by atoms with Gasteiger partial charge in [0.15, 0.2) is 5.13 Å². The Morgan fingerprint density at radius 3 is 2.57 bits per heavy atom. The van der Waals surface area contributed by atoms with Crippen molar-refractivity contribution in [3.63, 3.8) is 0 Å². The highest BCUT2D eigenvalue weighted by Gasteiger charge is 2.31. The van der Waals surface area contributed by atoms with Crippen LogP contribution in [0.5, 0.6) is 0 Å². The number of carbonyl (C=O) groups is 1. The van der Waals surface area contributed by atoms with E-state index in [0.717, 1.165) is 17.0 Å². The Balaban J connectivity index is 1.91. The number of sulfonamides is 1. The summed E-state index contributed by atoms with van der Waals surface area (Å²) in [5.41, 5.74) is 1.16. The van der Waals surface area contributed by atoms with Crippen LogP contribution in [0.15, 0.2) is 46.8 Å². The lowest BCUT2D eigenvalue weighted by Crippen LogP contribution is -2.20. The highest BCUT2D eigenvalue weighted by atomic mass is 32.2. The molecular formula is C20H24N4O4S2. The molecule has 0 aliphatic heterocycles. The van der Waals surface area contributed by atoms with Gasteiger partial charge in [0.25, 0.3) is 10.0 Å². The van der Waals surface area contributed by atoms with E-state index in [-0.39, 0.29) is 23.1 Å². The zero-order valence-electron chi connectivity index (χ0n) is 17.2. The van der Waals surface area contributed by atoms with Crippen LogP contribution in [-0.2, 0) is 31.4 Å². The van der Waals surface area contributed by atoms with Crippen molar-refractivity contribution in [1.82, 2.24) is 14.8 Å². The predicted octanol–water partition coefficient (Wildman–Crippen LogP) is 3.53. The summed E-state index contributed by atoms with van der Waals surface area (Å²) in [5.74, 6) is -0.406. The minimum atomic E-state index is -3.94. The highest BCUT2D eigenvalue weighted by Crippen LogP contribution is 2.30. The topological polar surface area (TPSA) is 103 Å². The fourth-order valence-corrected chi connectivity index (χ4v) is 5.05. The summed E-state index contributed by atoms with van der Waals surface area (Å²) < 4.78 is 35.3. The predicted molar refractivity (Wildman–Crippen MR) is 116 cm³/mol. The second kappa shape index (κ2) is 8.57. The lowest BCUT2D eigenvalue weighted by molar-refractivity contribution is -0.142. The molecule has 1 N–H and O–H groups in total. The van der Waals surface area contributed by atoms with Crippen LogP contribution in [-0.4, -0.2) is 35.8 Å². The first kappa shape index (κ1) is 22.0. The summed E-state index contributed by atoms with van der Waals surface area (Å²) in [6, 6.07) is 9.31. The molecule has 0 unspecified atom stereocenters. The standard InChI is InChI=1S/C20H24N4O4S2/c1-5-28-17(25)11-14-13-29-19(21-14)23-30(26,27)16-12-24(15-9-7-6-8-10-15)22-18(16)20(2,3)4/h6-10,12-13H,5,11H2,1-4H3,(H,21,23). The van der Waals surface area contributed by atoms with Crippen LogP contribution in [0.3, 0.4) is 0 Å². The first-order chi connectivity index (χ1) is 14.1. The van der Waals surface area contributed by atoms with Gasteiger partial charge in [0, 0.05) is 10.8 Å². The van der Waals surface area contributed by atoms with E-state index in [1.165, 1.54) is 6.20 Å². The van der Waals surface area contributed by atoms with E-state index in [1.807, 2.05) is 51.1 Å². The van der Waals surface area contributed by atoms with Gasteiger partial charge >= 0.3 is 5.97 Å². The molecule has 2 heterocycles. The van der Waals surface area contributed by atoms with Gasteiger partial charge in [0.2, 0.25) is 0 Å². The quantitative estimate of drug-likeness (QED) is 0.555. The number of aromatic nitrogens is 3. The molecule has 0 aliphatic rings. The Labute approximate surface area is 180 Å². The molecule has 3 aromatic rings. The first-order valence-corrected chi connectivity index (χ1v) is 11.7. The number of thiazole rings is 1. The molecule has 0 fully saturated rings. The van der Waals surface area contributed by atoms with Crippen LogP contribution in [0.4, 0.5) is 5.13 Å². The van der Waals surface area contributed by atoms with E-state index in [4.69, 9.17) is 4.74 Å². The number of ether oxygens (including phenoxy) is 1. The third-order valence-corrected chi connectivity index (χ3v) is 6.38. The van der Waals surface area contributed by atoms with E-state index >= 15 is 0 Å². The molecule has 0 amide bonds. The van der Waals surface area contributed by atoms with Gasteiger partial charge in [0.05, 0.1) is 36.3 Å². The summed E-state index contributed by atoms with van der Waals surface area (Å²) in [5, 5.41) is 6.36. The summed E-state index contributed by atoms with van der Waals surface area (Å²) in [6.07, 6.45) is 1.50. The van der Waals surface area contributed by atoms with Gasteiger partial charge in [-0.2, -0.15) is 5.10 Å². The van der Waals surface area contributed by atoms with Crippen LogP contribution in [0.25, 0.3) is 5.69 Å². The Morgan fingerprint density at radius 2 is 1.93 bits per heavy atom. The lowest BCUT2D eigenvalue weighted by atomic mass is 9.92. The number of anilines is 1. The molecule has 0 saturated heterocycles. The number of hydrogen-bond acceptors (Lipinski definition) is 7. The van der Waals surface area contributed by atoms with Crippen molar-refractivity contribution in [1.29, 1.82) is 0 Å². The van der Waals surface area contributed by atoms with E-state index < -0.39 is 21.4 Å². The number of nitrogens with one attached hydrogen (secondary N) is 1. The van der Waals surface area contributed by atoms with Gasteiger partial charge in [-0.3, -0.25) is 9.52 Å². The summed E-state index contributed by atoms with van der Waals surface area (Å²) in [6.45, 7) is 7.73. The van der Waals surface area contributed by atoms with E-state index in [9.17, 15) is 13.2 Å². The third kappa shape index (κ3) is 5.06. The monoisotopic (exact) mass is 448 g/mol. The SMILES string of the molecule is CCOC(=O)Cc1csc(NS(=O)(=O)c2cn(-c3ccccc3)nc2C(C)(C)C)n1. The summed E-state index contributed by atoms with van der Waals surface area (Å²) in [4.78, 5) is 15.9. The van der Waals surface area contributed by atoms with Crippen LogP contribution in [0, 0.1) is 0 Å². The third-order valence-electron chi connectivity index (χ3n) is 4.11. The molecule has 0 aliphatic carbocycles. The van der Waals surface area contributed by atoms with Crippen LogP contribution in [0.1, 0.15) is 39.1 Å². The van der Waals surface area contributed by atoms with E-state index in [0.29, 0.717) is 11.4 Å². The van der Waals surface area contributed by atoms with Gasteiger partial charge in [-0.1, -0.05) is 39.0 Å². The maximum Gasteiger partial charge on any atom is 0.311 e. The zero-order chi connectivity index (χ0) is 21.9. The van der Waals surface area contributed by atoms with Crippen molar-refractivity contribution in [2.24, 2.45) is 0 Å². The van der Waals surface area contributed by atoms with Gasteiger partial charge < -0.3 is 4.74 Å². The number of nitrogens with zero attached hydrogens (tertiary/aromatic N) is 3. The molecule has 3 rings (SSSR count). The van der Waals surface area contributed by atoms with Crippen molar-refractivity contribution in [2.45, 2.75) is 44.4 Å². The summed E-state index contributed by atoms with van der Waals surface area (Å²) >= 11 is 1.11. The minimum absolute atomic E-state index is 0.00868. The molecule has 0 saturated carbocycles. The van der Waals surface area contributed by atoms with Gasteiger partial charge in [-0.15, -0.1) is 11.3 Å². The lowest BCUT2D eigenvalue weighted by Gasteiger charge is -2.17. The number of para-hydroxylation sites is 1. The Hall–Kier alpha value is -2.72. The number of hydrogen-bond donors (Lipinski definition) is 1. The largest absolute Gasteiger partial charge is 0.466 e. The molecule has 30 heavy (non-hydrogen) atoms.